The Morgan fingerprint density at radius 1 is 1.37 bits per heavy atom. The summed E-state index contributed by atoms with van der Waals surface area (Å²) in [7, 11) is 0. The first kappa shape index (κ1) is 13.5. The standard InChI is InChI=1S/C15H20BrFN2/c16-13-8-11(3-4-14(13)17)9-19-7-5-15-12(10-19)2-1-6-18-15/h3-4,8,12,15,18H,1-2,5-7,9-10H2. The zero-order valence-corrected chi connectivity index (χ0v) is 12.6. The van der Waals surface area contributed by atoms with Crippen LogP contribution in [0.4, 0.5) is 4.39 Å². The van der Waals surface area contributed by atoms with Crippen molar-refractivity contribution in [2.45, 2.75) is 31.8 Å². The number of halogens is 2. The summed E-state index contributed by atoms with van der Waals surface area (Å²) in [5.41, 5.74) is 1.19. The Labute approximate surface area is 122 Å². The highest BCUT2D eigenvalue weighted by Crippen LogP contribution is 2.26. The Morgan fingerprint density at radius 2 is 2.26 bits per heavy atom. The predicted octanol–water partition coefficient (Wildman–Crippen LogP) is 3.16. The summed E-state index contributed by atoms with van der Waals surface area (Å²) in [6.45, 7) is 4.43. The Hall–Kier alpha value is -0.450. The van der Waals surface area contributed by atoms with Crippen LogP contribution in [0.15, 0.2) is 22.7 Å². The van der Waals surface area contributed by atoms with Crippen molar-refractivity contribution in [3.8, 4) is 0 Å². The highest BCUT2D eigenvalue weighted by Gasteiger charge is 2.30. The van der Waals surface area contributed by atoms with Gasteiger partial charge in [0, 0.05) is 19.1 Å². The summed E-state index contributed by atoms with van der Waals surface area (Å²) in [4.78, 5) is 2.51. The molecular weight excluding hydrogens is 307 g/mol. The third-order valence-corrected chi connectivity index (χ3v) is 4.97. The molecule has 104 valence electrons. The highest BCUT2D eigenvalue weighted by molar-refractivity contribution is 9.10. The highest BCUT2D eigenvalue weighted by atomic mass is 79.9. The SMILES string of the molecule is Fc1ccc(CN2CCC3NCCCC3C2)cc1Br. The van der Waals surface area contributed by atoms with Crippen molar-refractivity contribution in [2.24, 2.45) is 5.92 Å². The molecule has 3 rings (SSSR count). The van der Waals surface area contributed by atoms with Gasteiger partial charge in [-0.3, -0.25) is 4.90 Å². The third-order valence-electron chi connectivity index (χ3n) is 4.37. The van der Waals surface area contributed by atoms with Crippen LogP contribution < -0.4 is 5.32 Å². The summed E-state index contributed by atoms with van der Waals surface area (Å²) in [6, 6.07) is 6.07. The first-order valence-corrected chi connectivity index (χ1v) is 7.91. The Balaban J connectivity index is 1.62. The summed E-state index contributed by atoms with van der Waals surface area (Å²) in [6.07, 6.45) is 3.89. The Kier molecular flexibility index (Phi) is 4.20. The van der Waals surface area contributed by atoms with Crippen molar-refractivity contribution < 1.29 is 4.39 Å². The molecule has 2 atom stereocenters. The molecule has 0 saturated carbocycles. The van der Waals surface area contributed by atoms with Gasteiger partial charge in [-0.2, -0.15) is 0 Å². The predicted molar refractivity (Wildman–Crippen MR) is 78.5 cm³/mol. The maximum Gasteiger partial charge on any atom is 0.137 e. The fourth-order valence-corrected chi connectivity index (χ4v) is 3.79. The summed E-state index contributed by atoms with van der Waals surface area (Å²) >= 11 is 3.26. The Morgan fingerprint density at radius 3 is 3.11 bits per heavy atom. The third kappa shape index (κ3) is 3.18. The van der Waals surface area contributed by atoms with Gasteiger partial charge in [0.25, 0.3) is 0 Å². The van der Waals surface area contributed by atoms with Gasteiger partial charge in [-0.25, -0.2) is 4.39 Å². The molecule has 1 aromatic rings. The molecular formula is C15H20BrFN2. The van der Waals surface area contributed by atoms with Gasteiger partial charge in [-0.05, 0) is 71.9 Å². The largest absolute Gasteiger partial charge is 0.314 e. The molecule has 2 saturated heterocycles. The quantitative estimate of drug-likeness (QED) is 0.898. The molecule has 0 aliphatic carbocycles. The number of fused-ring (bicyclic) bond motifs is 1. The normalized spacial score (nSPS) is 28.1. The van der Waals surface area contributed by atoms with E-state index in [1.807, 2.05) is 12.1 Å². The molecule has 0 spiro atoms. The van der Waals surface area contributed by atoms with Crippen LogP contribution in [0.3, 0.4) is 0 Å². The van der Waals surface area contributed by atoms with E-state index in [9.17, 15) is 4.39 Å². The van der Waals surface area contributed by atoms with Crippen LogP contribution >= 0.6 is 15.9 Å². The van der Waals surface area contributed by atoms with Gasteiger partial charge in [-0.1, -0.05) is 6.07 Å². The minimum atomic E-state index is -0.182. The molecule has 2 unspecified atom stereocenters. The van der Waals surface area contributed by atoms with E-state index in [4.69, 9.17) is 0 Å². The van der Waals surface area contributed by atoms with Crippen LogP contribution in [-0.2, 0) is 6.54 Å². The van der Waals surface area contributed by atoms with E-state index in [0.717, 1.165) is 25.0 Å². The number of hydrogen-bond donors (Lipinski definition) is 1. The van der Waals surface area contributed by atoms with Crippen LogP contribution in [0.2, 0.25) is 0 Å². The average molecular weight is 327 g/mol. The van der Waals surface area contributed by atoms with Gasteiger partial charge in [0.2, 0.25) is 0 Å². The van der Waals surface area contributed by atoms with E-state index in [-0.39, 0.29) is 5.82 Å². The van der Waals surface area contributed by atoms with Gasteiger partial charge in [0.15, 0.2) is 0 Å². The molecule has 19 heavy (non-hydrogen) atoms. The average Bonchev–Trinajstić information content (AvgIpc) is 2.43. The van der Waals surface area contributed by atoms with Crippen molar-refractivity contribution in [1.82, 2.24) is 10.2 Å². The van der Waals surface area contributed by atoms with E-state index in [2.05, 4.69) is 26.1 Å². The van der Waals surface area contributed by atoms with Crippen LogP contribution in [0.5, 0.6) is 0 Å². The zero-order valence-electron chi connectivity index (χ0n) is 11.0. The van der Waals surface area contributed by atoms with E-state index in [0.29, 0.717) is 4.47 Å². The van der Waals surface area contributed by atoms with Crippen molar-refractivity contribution in [1.29, 1.82) is 0 Å². The first-order valence-electron chi connectivity index (χ1n) is 7.12. The van der Waals surface area contributed by atoms with E-state index in [1.165, 1.54) is 37.9 Å². The molecule has 0 radical (unpaired) electrons. The van der Waals surface area contributed by atoms with E-state index < -0.39 is 0 Å². The number of hydrogen-bond acceptors (Lipinski definition) is 2. The second kappa shape index (κ2) is 5.90. The zero-order chi connectivity index (χ0) is 13.2. The minimum absolute atomic E-state index is 0.182. The van der Waals surface area contributed by atoms with Gasteiger partial charge in [-0.15, -0.1) is 0 Å². The van der Waals surface area contributed by atoms with Gasteiger partial charge in [0.1, 0.15) is 5.82 Å². The molecule has 2 fully saturated rings. The topological polar surface area (TPSA) is 15.3 Å². The number of nitrogens with zero attached hydrogens (tertiary/aromatic N) is 1. The van der Waals surface area contributed by atoms with Gasteiger partial charge in [0.05, 0.1) is 4.47 Å². The lowest BCUT2D eigenvalue weighted by Gasteiger charge is -2.41. The molecule has 4 heteroatoms. The van der Waals surface area contributed by atoms with Crippen LogP contribution in [0.1, 0.15) is 24.8 Å². The lowest BCUT2D eigenvalue weighted by molar-refractivity contribution is 0.109. The Bertz CT molecular complexity index is 452. The molecule has 2 aliphatic heterocycles. The van der Waals surface area contributed by atoms with Crippen LogP contribution in [0.25, 0.3) is 0 Å². The monoisotopic (exact) mass is 326 g/mol. The molecule has 0 bridgehead atoms. The number of benzene rings is 1. The van der Waals surface area contributed by atoms with Crippen molar-refractivity contribution in [3.05, 3.63) is 34.1 Å². The second-order valence-electron chi connectivity index (χ2n) is 5.74. The van der Waals surface area contributed by atoms with E-state index in [1.54, 1.807) is 6.07 Å². The van der Waals surface area contributed by atoms with Crippen molar-refractivity contribution >= 4 is 15.9 Å². The summed E-state index contributed by atoms with van der Waals surface area (Å²) in [5, 5.41) is 3.64. The van der Waals surface area contributed by atoms with Gasteiger partial charge >= 0.3 is 0 Å². The fraction of sp³-hybridized carbons (Fsp3) is 0.600. The lowest BCUT2D eigenvalue weighted by Crippen LogP contribution is -2.51. The number of piperidine rings is 2. The summed E-state index contributed by atoms with van der Waals surface area (Å²) < 4.78 is 13.8. The molecule has 1 N–H and O–H groups in total. The first-order chi connectivity index (χ1) is 9.22. The molecule has 1 aromatic carbocycles. The van der Waals surface area contributed by atoms with Crippen LogP contribution in [0, 0.1) is 11.7 Å². The lowest BCUT2D eigenvalue weighted by atomic mass is 9.85. The van der Waals surface area contributed by atoms with Crippen molar-refractivity contribution in [2.75, 3.05) is 19.6 Å². The minimum Gasteiger partial charge on any atom is -0.314 e. The van der Waals surface area contributed by atoms with Gasteiger partial charge < -0.3 is 5.32 Å². The molecule has 2 aliphatic rings. The maximum absolute atomic E-state index is 13.2. The number of rotatable bonds is 2. The molecule has 2 nitrogen and oxygen atoms in total. The fourth-order valence-electron chi connectivity index (χ4n) is 3.36. The number of likely N-dealkylation sites (tertiary alicyclic amines) is 1. The molecule has 0 amide bonds. The summed E-state index contributed by atoms with van der Waals surface area (Å²) in [5.74, 6) is 0.616. The van der Waals surface area contributed by atoms with Crippen LogP contribution in [-0.4, -0.2) is 30.6 Å². The molecule has 2 heterocycles. The molecule has 0 aromatic heterocycles. The number of nitrogens with one attached hydrogen (secondary N) is 1. The van der Waals surface area contributed by atoms with Crippen molar-refractivity contribution in [3.63, 3.8) is 0 Å². The second-order valence-corrected chi connectivity index (χ2v) is 6.59. The smallest absolute Gasteiger partial charge is 0.137 e. The van der Waals surface area contributed by atoms with E-state index >= 15 is 0 Å². The maximum atomic E-state index is 13.2.